The molecule has 0 radical (unpaired) electrons. The first-order valence-corrected chi connectivity index (χ1v) is 9.07. The van der Waals surface area contributed by atoms with E-state index in [-0.39, 0.29) is 18.3 Å². The fourth-order valence-electron chi connectivity index (χ4n) is 1.95. The highest BCUT2D eigenvalue weighted by atomic mass is 79.9. The maximum absolute atomic E-state index is 12.2. The predicted molar refractivity (Wildman–Crippen MR) is 102 cm³/mol. The van der Waals surface area contributed by atoms with Gasteiger partial charge in [0.25, 0.3) is 5.91 Å². The number of hydrogen-bond donors (Lipinski definition) is 1. The van der Waals surface area contributed by atoms with Gasteiger partial charge >= 0.3 is 0 Å². The lowest BCUT2D eigenvalue weighted by atomic mass is 10.3. The third kappa shape index (κ3) is 4.84. The largest absolute Gasteiger partial charge is 0.484 e. The summed E-state index contributed by atoms with van der Waals surface area (Å²) < 4.78 is 12.8. The van der Waals surface area contributed by atoms with Crippen LogP contribution in [-0.2, 0) is 6.61 Å². The molecule has 0 aliphatic rings. The first kappa shape index (κ1) is 18.0. The van der Waals surface area contributed by atoms with E-state index in [0.717, 1.165) is 8.95 Å². The van der Waals surface area contributed by atoms with Gasteiger partial charge in [-0.25, -0.2) is 4.98 Å². The molecule has 3 rings (SSSR count). The van der Waals surface area contributed by atoms with Crippen molar-refractivity contribution in [3.8, 4) is 5.75 Å². The Balaban J connectivity index is 1.61. The number of halogens is 3. The van der Waals surface area contributed by atoms with Crippen molar-refractivity contribution >= 4 is 55.2 Å². The number of aromatic nitrogens is 1. The van der Waals surface area contributed by atoms with Crippen LogP contribution < -0.4 is 10.1 Å². The van der Waals surface area contributed by atoms with Crippen molar-refractivity contribution in [2.45, 2.75) is 6.61 Å². The Bertz CT molecular complexity index is 897. The number of benzene rings is 1. The van der Waals surface area contributed by atoms with Gasteiger partial charge in [-0.1, -0.05) is 27.5 Å². The second-order valence-electron chi connectivity index (χ2n) is 4.95. The van der Waals surface area contributed by atoms with Crippen LogP contribution >= 0.6 is 43.5 Å². The minimum atomic E-state index is -0.386. The number of nitrogens with zero attached hydrogens (tertiary/aromatic N) is 1. The molecule has 5 nitrogen and oxygen atoms in total. The van der Waals surface area contributed by atoms with Crippen LogP contribution in [0.2, 0.25) is 5.02 Å². The van der Waals surface area contributed by atoms with Crippen LogP contribution in [0.5, 0.6) is 5.75 Å². The van der Waals surface area contributed by atoms with E-state index in [0.29, 0.717) is 22.4 Å². The van der Waals surface area contributed by atoms with Gasteiger partial charge in [-0.2, -0.15) is 0 Å². The van der Waals surface area contributed by atoms with Crippen LogP contribution in [0.15, 0.2) is 62.0 Å². The molecule has 0 aliphatic heterocycles. The lowest BCUT2D eigenvalue weighted by molar-refractivity contribution is 0.0992. The van der Waals surface area contributed by atoms with Crippen LogP contribution in [0.25, 0.3) is 0 Å². The summed E-state index contributed by atoms with van der Waals surface area (Å²) in [5.74, 6) is 1.26. The molecule has 1 amide bonds. The Morgan fingerprint density at radius 3 is 2.68 bits per heavy atom. The highest BCUT2D eigenvalue weighted by Gasteiger charge is 2.13. The summed E-state index contributed by atoms with van der Waals surface area (Å²) in [6.07, 6.45) is 1.60. The minimum Gasteiger partial charge on any atom is -0.484 e. The van der Waals surface area contributed by atoms with Crippen molar-refractivity contribution in [3.63, 3.8) is 0 Å². The van der Waals surface area contributed by atoms with Gasteiger partial charge in [-0.05, 0) is 58.4 Å². The molecular formula is C17H11Br2ClN2O3. The summed E-state index contributed by atoms with van der Waals surface area (Å²) in [7, 11) is 0. The lowest BCUT2D eigenvalue weighted by Crippen LogP contribution is -2.11. The number of carbonyl (C=O) groups excluding carboxylic acids is 1. The number of pyridine rings is 1. The molecule has 0 bridgehead atoms. The van der Waals surface area contributed by atoms with Crippen LogP contribution in [0, 0.1) is 0 Å². The molecule has 0 saturated carbocycles. The normalized spacial score (nSPS) is 10.5. The number of ether oxygens (including phenoxy) is 1. The minimum absolute atomic E-state index is 0.158. The summed E-state index contributed by atoms with van der Waals surface area (Å²) >= 11 is 12.7. The summed E-state index contributed by atoms with van der Waals surface area (Å²) in [4.78, 5) is 16.2. The van der Waals surface area contributed by atoms with E-state index in [2.05, 4.69) is 42.2 Å². The SMILES string of the molecule is O=C(Nc1ccc(Br)cn1)c1ccc(COc2ccc(Br)cc2Cl)o1. The third-order valence-corrected chi connectivity index (χ3v) is 4.38. The molecule has 128 valence electrons. The van der Waals surface area contributed by atoms with Crippen LogP contribution in [0.3, 0.4) is 0 Å². The molecule has 3 aromatic rings. The van der Waals surface area contributed by atoms with Gasteiger partial charge in [0.1, 0.15) is 23.9 Å². The maximum atomic E-state index is 12.2. The van der Waals surface area contributed by atoms with Crippen LogP contribution in [0.1, 0.15) is 16.3 Å². The summed E-state index contributed by atoms with van der Waals surface area (Å²) in [6, 6.07) is 12.0. The summed E-state index contributed by atoms with van der Waals surface area (Å²) in [6.45, 7) is 0.158. The van der Waals surface area contributed by atoms with E-state index in [1.54, 1.807) is 42.6 Å². The Kier molecular flexibility index (Phi) is 5.78. The first-order valence-electron chi connectivity index (χ1n) is 7.11. The maximum Gasteiger partial charge on any atom is 0.292 e. The molecule has 2 heterocycles. The quantitative estimate of drug-likeness (QED) is 0.504. The molecule has 1 N–H and O–H groups in total. The number of carbonyl (C=O) groups is 1. The van der Waals surface area contributed by atoms with E-state index < -0.39 is 0 Å². The molecule has 2 aromatic heterocycles. The van der Waals surface area contributed by atoms with Gasteiger partial charge in [-0.3, -0.25) is 4.79 Å². The number of furan rings is 1. The number of rotatable bonds is 5. The van der Waals surface area contributed by atoms with Crippen molar-refractivity contribution in [1.82, 2.24) is 4.98 Å². The molecule has 25 heavy (non-hydrogen) atoms. The van der Waals surface area contributed by atoms with Gasteiger partial charge in [-0.15, -0.1) is 0 Å². The molecule has 0 fully saturated rings. The van der Waals surface area contributed by atoms with E-state index in [1.165, 1.54) is 0 Å². The fourth-order valence-corrected chi connectivity index (χ4v) is 2.91. The smallest absolute Gasteiger partial charge is 0.292 e. The highest BCUT2D eigenvalue weighted by molar-refractivity contribution is 9.10. The Morgan fingerprint density at radius 2 is 1.96 bits per heavy atom. The van der Waals surface area contributed by atoms with Crippen LogP contribution in [0.4, 0.5) is 5.82 Å². The number of anilines is 1. The van der Waals surface area contributed by atoms with Gasteiger partial charge in [0.15, 0.2) is 5.76 Å². The second-order valence-corrected chi connectivity index (χ2v) is 7.18. The molecule has 0 atom stereocenters. The number of nitrogens with one attached hydrogen (secondary N) is 1. The van der Waals surface area contributed by atoms with E-state index >= 15 is 0 Å². The van der Waals surface area contributed by atoms with Crippen molar-refractivity contribution in [1.29, 1.82) is 0 Å². The molecule has 0 saturated heterocycles. The van der Waals surface area contributed by atoms with Gasteiger partial charge in [0.05, 0.1) is 5.02 Å². The Labute approximate surface area is 165 Å². The zero-order chi connectivity index (χ0) is 17.8. The molecular weight excluding hydrogens is 475 g/mol. The van der Waals surface area contributed by atoms with E-state index in [9.17, 15) is 4.79 Å². The second kappa shape index (κ2) is 8.03. The van der Waals surface area contributed by atoms with Crippen LogP contribution in [-0.4, -0.2) is 10.9 Å². The summed E-state index contributed by atoms with van der Waals surface area (Å²) in [5.41, 5.74) is 0. The predicted octanol–water partition coefficient (Wildman–Crippen LogP) is 5.68. The van der Waals surface area contributed by atoms with Crippen molar-refractivity contribution in [2.75, 3.05) is 5.32 Å². The average Bonchev–Trinajstić information content (AvgIpc) is 3.05. The van der Waals surface area contributed by atoms with Crippen molar-refractivity contribution < 1.29 is 13.9 Å². The van der Waals surface area contributed by atoms with Crippen molar-refractivity contribution in [2.24, 2.45) is 0 Å². The van der Waals surface area contributed by atoms with Crippen molar-refractivity contribution in [3.05, 3.63) is 74.1 Å². The molecule has 1 aromatic carbocycles. The lowest BCUT2D eigenvalue weighted by Gasteiger charge is -2.06. The van der Waals surface area contributed by atoms with E-state index in [4.69, 9.17) is 20.8 Å². The molecule has 0 spiro atoms. The number of hydrogen-bond acceptors (Lipinski definition) is 4. The Morgan fingerprint density at radius 1 is 1.16 bits per heavy atom. The number of amides is 1. The zero-order valence-corrected chi connectivity index (χ0v) is 16.6. The standard InChI is InChI=1S/C17H11Br2ClN2O3/c18-10-1-4-14(13(20)7-10)24-9-12-3-5-15(25-12)17(23)22-16-6-2-11(19)8-21-16/h1-8H,9H2,(H,21,22,23). The topological polar surface area (TPSA) is 64.4 Å². The van der Waals surface area contributed by atoms with Gasteiger partial charge in [0, 0.05) is 15.1 Å². The van der Waals surface area contributed by atoms with Gasteiger partial charge in [0.2, 0.25) is 0 Å². The molecule has 0 aliphatic carbocycles. The monoisotopic (exact) mass is 484 g/mol. The zero-order valence-electron chi connectivity index (χ0n) is 12.6. The average molecular weight is 487 g/mol. The first-order chi connectivity index (χ1) is 12.0. The Hall–Kier alpha value is -1.83. The van der Waals surface area contributed by atoms with Gasteiger partial charge < -0.3 is 14.5 Å². The molecule has 8 heteroatoms. The molecule has 0 unspecified atom stereocenters. The highest BCUT2D eigenvalue weighted by Crippen LogP contribution is 2.28. The van der Waals surface area contributed by atoms with E-state index in [1.807, 2.05) is 6.07 Å². The third-order valence-electron chi connectivity index (χ3n) is 3.12. The fraction of sp³-hybridized carbons (Fsp3) is 0.0588. The summed E-state index contributed by atoms with van der Waals surface area (Å²) in [5, 5.41) is 3.14.